The normalized spacial score (nSPS) is 25.0. The standard InChI is InChI=1S/C16H32N4O3/c1-4-17-15(19-11-14(22)18-9-10-23-3)20-12-16(2)8-6-5-7-13(16)21/h13,21H,4-12H2,1-3H3,(H,18,22)(H2,17,19,20). The SMILES string of the molecule is CCNC(=NCC(=O)NCCOC)NCC1(C)CCCCC1O. The van der Waals surface area contributed by atoms with E-state index < -0.39 is 0 Å². The predicted molar refractivity (Wildman–Crippen MR) is 91.4 cm³/mol. The Morgan fingerprint density at radius 1 is 1.35 bits per heavy atom. The summed E-state index contributed by atoms with van der Waals surface area (Å²) in [5.41, 5.74) is -0.144. The second-order valence-electron chi connectivity index (χ2n) is 6.31. The van der Waals surface area contributed by atoms with Gasteiger partial charge < -0.3 is 25.8 Å². The van der Waals surface area contributed by atoms with Crippen LogP contribution >= 0.6 is 0 Å². The molecule has 0 aromatic heterocycles. The zero-order valence-electron chi connectivity index (χ0n) is 14.7. The Hall–Kier alpha value is -1.34. The number of carbonyl (C=O) groups is 1. The van der Waals surface area contributed by atoms with Crippen molar-refractivity contribution < 1.29 is 14.6 Å². The molecule has 2 unspecified atom stereocenters. The van der Waals surface area contributed by atoms with Crippen molar-refractivity contribution in [2.24, 2.45) is 10.4 Å². The van der Waals surface area contributed by atoms with Crippen molar-refractivity contribution in [1.29, 1.82) is 0 Å². The number of hydrogen-bond donors (Lipinski definition) is 4. The summed E-state index contributed by atoms with van der Waals surface area (Å²) < 4.78 is 4.88. The van der Waals surface area contributed by atoms with E-state index in [2.05, 4.69) is 27.9 Å². The number of nitrogens with one attached hydrogen (secondary N) is 3. The van der Waals surface area contributed by atoms with E-state index >= 15 is 0 Å². The van der Waals surface area contributed by atoms with Crippen molar-refractivity contribution in [2.45, 2.75) is 45.6 Å². The molecule has 1 rings (SSSR count). The molecule has 4 N–H and O–H groups in total. The summed E-state index contributed by atoms with van der Waals surface area (Å²) in [6.07, 6.45) is 3.80. The summed E-state index contributed by atoms with van der Waals surface area (Å²) in [6.45, 7) is 6.49. The maximum Gasteiger partial charge on any atom is 0.241 e. The first kappa shape index (κ1) is 19.7. The van der Waals surface area contributed by atoms with Crippen LogP contribution in [0.5, 0.6) is 0 Å². The maximum atomic E-state index is 11.7. The first-order valence-electron chi connectivity index (χ1n) is 8.47. The molecule has 0 radical (unpaired) electrons. The molecular formula is C16H32N4O3. The van der Waals surface area contributed by atoms with E-state index in [1.807, 2.05) is 6.92 Å². The number of aliphatic hydroxyl groups is 1. The van der Waals surface area contributed by atoms with Crippen LogP contribution in [0.4, 0.5) is 0 Å². The third kappa shape index (κ3) is 7.18. The number of carbonyl (C=O) groups excluding carboxylic acids is 1. The van der Waals surface area contributed by atoms with Gasteiger partial charge in [0.25, 0.3) is 0 Å². The van der Waals surface area contributed by atoms with Crippen molar-refractivity contribution in [3.05, 3.63) is 0 Å². The molecule has 7 heteroatoms. The van der Waals surface area contributed by atoms with Gasteiger partial charge in [-0.25, -0.2) is 4.99 Å². The predicted octanol–water partition coefficient (Wildman–Crippen LogP) is 0.245. The highest BCUT2D eigenvalue weighted by atomic mass is 16.5. The van der Waals surface area contributed by atoms with E-state index in [1.165, 1.54) is 0 Å². The quantitative estimate of drug-likeness (QED) is 0.291. The fourth-order valence-corrected chi connectivity index (χ4v) is 2.71. The summed E-state index contributed by atoms with van der Waals surface area (Å²) in [5.74, 6) is 0.469. The number of guanidine groups is 1. The third-order valence-corrected chi connectivity index (χ3v) is 4.29. The fraction of sp³-hybridized carbons (Fsp3) is 0.875. The average Bonchev–Trinajstić information content (AvgIpc) is 2.53. The lowest BCUT2D eigenvalue weighted by molar-refractivity contribution is -0.119. The van der Waals surface area contributed by atoms with Crippen LogP contribution in [-0.4, -0.2) is 63.0 Å². The highest BCUT2D eigenvalue weighted by Crippen LogP contribution is 2.35. The minimum Gasteiger partial charge on any atom is -0.392 e. The Morgan fingerprint density at radius 3 is 2.78 bits per heavy atom. The number of aliphatic imine (C=N–C) groups is 1. The van der Waals surface area contributed by atoms with Gasteiger partial charge in [-0.2, -0.15) is 0 Å². The highest BCUT2D eigenvalue weighted by molar-refractivity contribution is 5.84. The Labute approximate surface area is 139 Å². The Balaban J connectivity index is 2.47. The van der Waals surface area contributed by atoms with Crippen molar-refractivity contribution >= 4 is 11.9 Å². The summed E-state index contributed by atoms with van der Waals surface area (Å²) in [7, 11) is 1.60. The van der Waals surface area contributed by atoms with E-state index in [-0.39, 0.29) is 24.0 Å². The fourth-order valence-electron chi connectivity index (χ4n) is 2.71. The molecule has 1 saturated carbocycles. The van der Waals surface area contributed by atoms with Gasteiger partial charge in [-0.1, -0.05) is 19.8 Å². The van der Waals surface area contributed by atoms with Crippen LogP contribution in [-0.2, 0) is 9.53 Å². The Kier molecular flexibility index (Phi) is 8.94. The summed E-state index contributed by atoms with van der Waals surface area (Å²) >= 11 is 0. The van der Waals surface area contributed by atoms with Gasteiger partial charge in [-0.05, 0) is 19.8 Å². The van der Waals surface area contributed by atoms with Gasteiger partial charge in [0.15, 0.2) is 5.96 Å². The molecule has 0 aliphatic heterocycles. The average molecular weight is 328 g/mol. The monoisotopic (exact) mass is 328 g/mol. The molecule has 1 fully saturated rings. The minimum atomic E-state index is -0.288. The molecule has 1 amide bonds. The molecule has 7 nitrogen and oxygen atoms in total. The molecule has 0 bridgehead atoms. The van der Waals surface area contributed by atoms with Gasteiger partial charge in [0, 0.05) is 32.2 Å². The van der Waals surface area contributed by atoms with E-state index in [4.69, 9.17) is 4.74 Å². The zero-order chi connectivity index (χ0) is 17.1. The third-order valence-electron chi connectivity index (χ3n) is 4.29. The lowest BCUT2D eigenvalue weighted by Gasteiger charge is -2.38. The van der Waals surface area contributed by atoms with E-state index in [1.54, 1.807) is 7.11 Å². The van der Waals surface area contributed by atoms with Crippen molar-refractivity contribution in [1.82, 2.24) is 16.0 Å². The lowest BCUT2D eigenvalue weighted by atomic mass is 9.73. The van der Waals surface area contributed by atoms with E-state index in [9.17, 15) is 9.90 Å². The maximum absolute atomic E-state index is 11.7. The van der Waals surface area contributed by atoms with Gasteiger partial charge in [-0.15, -0.1) is 0 Å². The summed E-state index contributed by atoms with van der Waals surface area (Å²) in [5, 5.41) is 19.4. The molecule has 0 spiro atoms. The topological polar surface area (TPSA) is 95.0 Å². The minimum absolute atomic E-state index is 0.0678. The van der Waals surface area contributed by atoms with Gasteiger partial charge in [0.1, 0.15) is 6.54 Å². The summed E-state index contributed by atoms with van der Waals surface area (Å²) in [4.78, 5) is 16.0. The van der Waals surface area contributed by atoms with Crippen LogP contribution in [0.15, 0.2) is 4.99 Å². The van der Waals surface area contributed by atoms with Crippen LogP contribution in [0.3, 0.4) is 0 Å². The lowest BCUT2D eigenvalue weighted by Crippen LogP contribution is -2.48. The van der Waals surface area contributed by atoms with E-state index in [0.717, 1.165) is 32.2 Å². The Bertz CT molecular complexity index is 390. The molecule has 1 aliphatic rings. The van der Waals surface area contributed by atoms with Gasteiger partial charge in [0.05, 0.1) is 12.7 Å². The molecule has 1 aliphatic carbocycles. The van der Waals surface area contributed by atoms with Crippen LogP contribution in [0.25, 0.3) is 0 Å². The van der Waals surface area contributed by atoms with Crippen molar-refractivity contribution in [3.63, 3.8) is 0 Å². The van der Waals surface area contributed by atoms with Gasteiger partial charge >= 0.3 is 0 Å². The molecule has 0 aromatic carbocycles. The number of amides is 1. The van der Waals surface area contributed by atoms with Gasteiger partial charge in [0.2, 0.25) is 5.91 Å². The van der Waals surface area contributed by atoms with Crippen LogP contribution in [0.1, 0.15) is 39.5 Å². The van der Waals surface area contributed by atoms with Crippen molar-refractivity contribution in [2.75, 3.05) is 39.9 Å². The van der Waals surface area contributed by atoms with Crippen LogP contribution in [0, 0.1) is 5.41 Å². The zero-order valence-corrected chi connectivity index (χ0v) is 14.7. The number of aliphatic hydroxyl groups excluding tert-OH is 1. The summed E-state index contributed by atoms with van der Waals surface area (Å²) in [6, 6.07) is 0. The number of nitrogens with zero attached hydrogens (tertiary/aromatic N) is 1. The van der Waals surface area contributed by atoms with Crippen LogP contribution < -0.4 is 16.0 Å². The largest absolute Gasteiger partial charge is 0.392 e. The second-order valence-corrected chi connectivity index (χ2v) is 6.31. The molecule has 23 heavy (non-hydrogen) atoms. The van der Waals surface area contributed by atoms with Crippen LogP contribution in [0.2, 0.25) is 0 Å². The molecule has 134 valence electrons. The number of methoxy groups -OCH3 is 1. The Morgan fingerprint density at radius 2 is 2.13 bits per heavy atom. The number of rotatable bonds is 8. The highest BCUT2D eigenvalue weighted by Gasteiger charge is 2.35. The van der Waals surface area contributed by atoms with E-state index in [0.29, 0.717) is 25.7 Å². The molecule has 0 heterocycles. The molecule has 2 atom stereocenters. The smallest absolute Gasteiger partial charge is 0.241 e. The molecular weight excluding hydrogens is 296 g/mol. The number of hydrogen-bond acceptors (Lipinski definition) is 4. The van der Waals surface area contributed by atoms with Gasteiger partial charge in [-0.3, -0.25) is 4.79 Å². The first-order valence-corrected chi connectivity index (χ1v) is 8.47. The number of ether oxygens (including phenoxy) is 1. The molecule has 0 saturated heterocycles. The van der Waals surface area contributed by atoms with Crippen molar-refractivity contribution in [3.8, 4) is 0 Å². The first-order chi connectivity index (χ1) is 11.0. The molecule has 0 aromatic rings. The second kappa shape index (κ2) is 10.4.